The van der Waals surface area contributed by atoms with E-state index in [1.54, 1.807) is 4.90 Å². The van der Waals surface area contributed by atoms with E-state index in [2.05, 4.69) is 0 Å². The average Bonchev–Trinajstić information content (AvgIpc) is 2.87. The summed E-state index contributed by atoms with van der Waals surface area (Å²) in [5.41, 5.74) is 1.99. The molecule has 5 nitrogen and oxygen atoms in total. The molecule has 0 spiro atoms. The second-order valence-corrected chi connectivity index (χ2v) is 8.10. The highest BCUT2D eigenvalue weighted by atomic mass is 32.2. The van der Waals surface area contributed by atoms with Gasteiger partial charge in [0, 0.05) is 11.7 Å². The molecule has 0 N–H and O–H groups in total. The molecule has 0 fully saturated rings. The zero-order valence-electron chi connectivity index (χ0n) is 14.0. The van der Waals surface area contributed by atoms with Crippen molar-refractivity contribution in [2.45, 2.75) is 19.4 Å². The van der Waals surface area contributed by atoms with E-state index < -0.39 is 15.8 Å². The van der Waals surface area contributed by atoms with Crippen LogP contribution in [0.1, 0.15) is 12.5 Å². The number of fused-ring (bicyclic) bond motifs is 1. The van der Waals surface area contributed by atoms with Gasteiger partial charge in [-0.15, -0.1) is 0 Å². The van der Waals surface area contributed by atoms with Crippen molar-refractivity contribution in [2.75, 3.05) is 22.0 Å². The molecule has 0 unspecified atom stereocenters. The van der Waals surface area contributed by atoms with Gasteiger partial charge in [0.25, 0.3) is 0 Å². The van der Waals surface area contributed by atoms with Crippen LogP contribution in [0.5, 0.6) is 0 Å². The van der Waals surface area contributed by atoms with E-state index in [1.165, 1.54) is 18.2 Å². The van der Waals surface area contributed by atoms with Gasteiger partial charge >= 0.3 is 0 Å². The Hall–Kier alpha value is -2.41. The number of anilines is 2. The summed E-state index contributed by atoms with van der Waals surface area (Å²) in [4.78, 5) is 14.5. The number of halogens is 1. The zero-order chi connectivity index (χ0) is 18.2. The van der Waals surface area contributed by atoms with E-state index in [0.717, 1.165) is 34.3 Å². The standard InChI is InChI=1S/C18H19FN2O3S/c1-13-10-14-6-3-4-9-17(14)21(13)18(22)12-20(25(2,23)24)16-8-5-7-15(19)11-16/h3-9,11,13H,10,12H2,1-2H3/t13-/m1/s1. The third kappa shape index (κ3) is 3.51. The van der Waals surface area contributed by atoms with Gasteiger partial charge in [0.2, 0.25) is 15.9 Å². The van der Waals surface area contributed by atoms with Crippen LogP contribution in [-0.4, -0.2) is 33.2 Å². The molecule has 1 aliphatic heterocycles. The summed E-state index contributed by atoms with van der Waals surface area (Å²) in [6.07, 6.45) is 1.73. The summed E-state index contributed by atoms with van der Waals surface area (Å²) in [5.74, 6) is -0.898. The lowest BCUT2D eigenvalue weighted by atomic mass is 10.1. The van der Waals surface area contributed by atoms with Crippen LogP contribution in [0.4, 0.5) is 15.8 Å². The van der Waals surface area contributed by atoms with E-state index in [9.17, 15) is 17.6 Å². The van der Waals surface area contributed by atoms with Crippen LogP contribution in [0.25, 0.3) is 0 Å². The van der Waals surface area contributed by atoms with Gasteiger partial charge in [-0.25, -0.2) is 12.8 Å². The lowest BCUT2D eigenvalue weighted by Crippen LogP contribution is -2.45. The molecule has 0 bridgehead atoms. The number of carbonyl (C=O) groups is 1. The lowest BCUT2D eigenvalue weighted by molar-refractivity contribution is -0.117. The van der Waals surface area contributed by atoms with Gasteiger partial charge in [0.15, 0.2) is 0 Å². The molecule has 2 aromatic rings. The average molecular weight is 362 g/mol. The van der Waals surface area contributed by atoms with Crippen LogP contribution in [0.2, 0.25) is 0 Å². The first-order chi connectivity index (χ1) is 11.8. The van der Waals surface area contributed by atoms with Crippen molar-refractivity contribution in [1.82, 2.24) is 0 Å². The number of carbonyl (C=O) groups excluding carboxylic acids is 1. The molecule has 1 heterocycles. The first-order valence-corrected chi connectivity index (χ1v) is 9.75. The van der Waals surface area contributed by atoms with Gasteiger partial charge in [-0.05, 0) is 43.2 Å². The largest absolute Gasteiger partial charge is 0.307 e. The molecule has 1 amide bonds. The monoisotopic (exact) mass is 362 g/mol. The molecule has 7 heteroatoms. The van der Waals surface area contributed by atoms with Gasteiger partial charge in [0.1, 0.15) is 12.4 Å². The molecular weight excluding hydrogens is 343 g/mol. The maximum Gasteiger partial charge on any atom is 0.248 e. The van der Waals surface area contributed by atoms with Crippen LogP contribution in [-0.2, 0) is 21.2 Å². The van der Waals surface area contributed by atoms with Crippen molar-refractivity contribution < 1.29 is 17.6 Å². The Bertz CT molecular complexity index is 914. The minimum absolute atomic E-state index is 0.0566. The van der Waals surface area contributed by atoms with E-state index >= 15 is 0 Å². The third-order valence-electron chi connectivity index (χ3n) is 4.25. The number of hydrogen-bond donors (Lipinski definition) is 0. The maximum absolute atomic E-state index is 13.5. The number of para-hydroxylation sites is 1. The van der Waals surface area contributed by atoms with Crippen LogP contribution >= 0.6 is 0 Å². The molecule has 25 heavy (non-hydrogen) atoms. The van der Waals surface area contributed by atoms with Crippen LogP contribution in [0, 0.1) is 5.82 Å². The van der Waals surface area contributed by atoms with Crippen molar-refractivity contribution >= 4 is 27.3 Å². The van der Waals surface area contributed by atoms with E-state index in [0.29, 0.717) is 0 Å². The second kappa shape index (κ2) is 6.48. The van der Waals surface area contributed by atoms with Crippen LogP contribution < -0.4 is 9.21 Å². The fourth-order valence-electron chi connectivity index (χ4n) is 3.18. The Kier molecular flexibility index (Phi) is 4.51. The van der Waals surface area contributed by atoms with E-state index in [4.69, 9.17) is 0 Å². The smallest absolute Gasteiger partial charge is 0.248 e. The van der Waals surface area contributed by atoms with Gasteiger partial charge in [-0.2, -0.15) is 0 Å². The summed E-state index contributed by atoms with van der Waals surface area (Å²) in [7, 11) is -3.74. The van der Waals surface area contributed by atoms with Crippen molar-refractivity contribution in [2.24, 2.45) is 0 Å². The second-order valence-electron chi connectivity index (χ2n) is 6.20. The van der Waals surface area contributed by atoms with Gasteiger partial charge in [-0.3, -0.25) is 9.10 Å². The number of sulfonamides is 1. The fourth-order valence-corrected chi connectivity index (χ4v) is 4.02. The molecule has 1 aliphatic rings. The summed E-state index contributed by atoms with van der Waals surface area (Å²) in [6.45, 7) is 1.55. The lowest BCUT2D eigenvalue weighted by Gasteiger charge is -2.27. The van der Waals surface area contributed by atoms with Crippen molar-refractivity contribution in [3.05, 3.63) is 59.9 Å². The Morgan fingerprint density at radius 2 is 1.96 bits per heavy atom. The minimum atomic E-state index is -3.74. The highest BCUT2D eigenvalue weighted by Gasteiger charge is 2.33. The molecular formula is C18H19FN2O3S. The number of hydrogen-bond acceptors (Lipinski definition) is 3. The van der Waals surface area contributed by atoms with Crippen molar-refractivity contribution in [1.29, 1.82) is 0 Å². The normalized spacial score (nSPS) is 16.6. The Labute approximate surface area is 146 Å². The summed E-state index contributed by atoms with van der Waals surface area (Å²) >= 11 is 0. The zero-order valence-corrected chi connectivity index (χ0v) is 14.8. The Balaban J connectivity index is 1.92. The molecule has 0 aliphatic carbocycles. The predicted molar refractivity (Wildman–Crippen MR) is 95.7 cm³/mol. The number of nitrogens with zero attached hydrogens (tertiary/aromatic N) is 2. The molecule has 3 rings (SSSR count). The molecule has 0 radical (unpaired) electrons. The summed E-state index contributed by atoms with van der Waals surface area (Å²) in [6, 6.07) is 12.7. The number of rotatable bonds is 4. The molecule has 1 atom stereocenters. The summed E-state index contributed by atoms with van der Waals surface area (Å²) in [5, 5.41) is 0. The number of amides is 1. The molecule has 132 valence electrons. The molecule has 0 saturated carbocycles. The SMILES string of the molecule is C[C@@H]1Cc2ccccc2N1C(=O)CN(c1cccc(F)c1)S(C)(=O)=O. The van der Waals surface area contributed by atoms with Crippen LogP contribution in [0.15, 0.2) is 48.5 Å². The van der Waals surface area contributed by atoms with Gasteiger partial charge in [0.05, 0.1) is 11.9 Å². The maximum atomic E-state index is 13.5. The van der Waals surface area contributed by atoms with Crippen LogP contribution in [0.3, 0.4) is 0 Å². The highest BCUT2D eigenvalue weighted by Crippen LogP contribution is 2.32. The quantitative estimate of drug-likeness (QED) is 0.840. The Morgan fingerprint density at radius 1 is 1.24 bits per heavy atom. The molecule has 0 aromatic heterocycles. The minimum Gasteiger partial charge on any atom is -0.307 e. The first-order valence-electron chi connectivity index (χ1n) is 7.90. The van der Waals surface area contributed by atoms with Crippen molar-refractivity contribution in [3.8, 4) is 0 Å². The van der Waals surface area contributed by atoms with E-state index in [1.807, 2.05) is 31.2 Å². The van der Waals surface area contributed by atoms with Gasteiger partial charge in [-0.1, -0.05) is 24.3 Å². The summed E-state index contributed by atoms with van der Waals surface area (Å²) < 4.78 is 38.7. The first kappa shape index (κ1) is 17.4. The van der Waals surface area contributed by atoms with Crippen molar-refractivity contribution in [3.63, 3.8) is 0 Å². The van der Waals surface area contributed by atoms with E-state index in [-0.39, 0.29) is 24.2 Å². The third-order valence-corrected chi connectivity index (χ3v) is 5.39. The fraction of sp³-hybridized carbons (Fsp3) is 0.278. The predicted octanol–water partition coefficient (Wildman–Crippen LogP) is 2.57. The Morgan fingerprint density at radius 3 is 2.64 bits per heavy atom. The molecule has 2 aromatic carbocycles. The topological polar surface area (TPSA) is 57.7 Å². The molecule has 0 saturated heterocycles. The number of benzene rings is 2. The van der Waals surface area contributed by atoms with Gasteiger partial charge < -0.3 is 4.90 Å². The highest BCUT2D eigenvalue weighted by molar-refractivity contribution is 7.92.